The van der Waals surface area contributed by atoms with Gasteiger partial charge in [0.15, 0.2) is 5.78 Å². The summed E-state index contributed by atoms with van der Waals surface area (Å²) >= 11 is 5.95. The van der Waals surface area contributed by atoms with Gasteiger partial charge in [0, 0.05) is 34.1 Å². The zero-order chi connectivity index (χ0) is 14.4. The van der Waals surface area contributed by atoms with Crippen molar-refractivity contribution in [1.29, 1.82) is 0 Å². The average Bonchev–Trinajstić information content (AvgIpc) is 2.85. The molecule has 0 saturated carbocycles. The number of unbranched alkanes of at least 4 members (excludes halogenated alkanes) is 5. The van der Waals surface area contributed by atoms with Gasteiger partial charge >= 0.3 is 0 Å². The van der Waals surface area contributed by atoms with Crippen LogP contribution in [0.4, 0.5) is 0 Å². The summed E-state index contributed by atoms with van der Waals surface area (Å²) in [6.07, 6.45) is 9.68. The lowest BCUT2D eigenvalue weighted by Gasteiger charge is -2.01. The molecule has 0 bridgehead atoms. The van der Waals surface area contributed by atoms with Gasteiger partial charge in [0.25, 0.3) is 0 Å². The molecular weight excluding hydrogens is 270 g/mol. The minimum atomic E-state index is 0.231. The van der Waals surface area contributed by atoms with E-state index in [9.17, 15) is 4.79 Å². The van der Waals surface area contributed by atoms with Gasteiger partial charge in [0.2, 0.25) is 0 Å². The lowest BCUT2D eigenvalue weighted by Crippen LogP contribution is -1.97. The molecule has 1 heterocycles. The number of benzene rings is 1. The van der Waals surface area contributed by atoms with E-state index >= 15 is 0 Å². The largest absolute Gasteiger partial charge is 0.360 e. The van der Waals surface area contributed by atoms with Crippen molar-refractivity contribution in [1.82, 2.24) is 4.98 Å². The molecule has 1 aromatic heterocycles. The van der Waals surface area contributed by atoms with Crippen LogP contribution < -0.4 is 0 Å². The van der Waals surface area contributed by atoms with Crippen molar-refractivity contribution in [3.8, 4) is 0 Å². The molecule has 0 unspecified atom stereocenters. The van der Waals surface area contributed by atoms with Crippen molar-refractivity contribution >= 4 is 28.3 Å². The first-order valence-corrected chi connectivity index (χ1v) is 7.90. The van der Waals surface area contributed by atoms with Crippen LogP contribution in [0.1, 0.15) is 62.2 Å². The number of rotatable bonds is 8. The van der Waals surface area contributed by atoms with Gasteiger partial charge in [-0.15, -0.1) is 0 Å². The number of H-pyrrole nitrogens is 1. The van der Waals surface area contributed by atoms with Crippen LogP contribution in [0.5, 0.6) is 0 Å². The summed E-state index contributed by atoms with van der Waals surface area (Å²) < 4.78 is 0. The molecule has 0 aliphatic rings. The molecule has 0 aliphatic heterocycles. The van der Waals surface area contributed by atoms with Crippen molar-refractivity contribution in [2.45, 2.75) is 51.9 Å². The van der Waals surface area contributed by atoms with E-state index in [0.717, 1.165) is 29.3 Å². The summed E-state index contributed by atoms with van der Waals surface area (Å²) in [7, 11) is 0. The second kappa shape index (κ2) is 7.49. The van der Waals surface area contributed by atoms with Gasteiger partial charge in [-0.3, -0.25) is 4.79 Å². The molecule has 1 N–H and O–H groups in total. The number of carbonyl (C=O) groups excluding carboxylic acids is 1. The lowest BCUT2D eigenvalue weighted by molar-refractivity contribution is 0.0980. The fourth-order valence-electron chi connectivity index (χ4n) is 2.53. The average molecular weight is 292 g/mol. The fourth-order valence-corrected chi connectivity index (χ4v) is 2.70. The standard InChI is InChI=1S/C17H22ClNO/c1-2-3-4-5-6-7-8-17(20)15-12-19-16-11-13(18)9-10-14(15)16/h9-12,19H,2-8H2,1H3. The summed E-state index contributed by atoms with van der Waals surface area (Å²) in [5.74, 6) is 0.231. The molecule has 0 spiro atoms. The minimum absolute atomic E-state index is 0.231. The number of fused-ring (bicyclic) bond motifs is 1. The van der Waals surface area contributed by atoms with Crippen molar-refractivity contribution in [3.63, 3.8) is 0 Å². The number of aromatic amines is 1. The smallest absolute Gasteiger partial charge is 0.165 e. The second-order valence-electron chi connectivity index (χ2n) is 5.33. The maximum atomic E-state index is 12.2. The highest BCUT2D eigenvalue weighted by molar-refractivity contribution is 6.31. The number of nitrogens with one attached hydrogen (secondary N) is 1. The molecule has 0 atom stereocenters. The van der Waals surface area contributed by atoms with Gasteiger partial charge < -0.3 is 4.98 Å². The summed E-state index contributed by atoms with van der Waals surface area (Å²) in [4.78, 5) is 15.4. The van der Waals surface area contributed by atoms with Gasteiger partial charge in [0.1, 0.15) is 0 Å². The Morgan fingerprint density at radius 1 is 1.15 bits per heavy atom. The van der Waals surface area contributed by atoms with Crippen molar-refractivity contribution < 1.29 is 4.79 Å². The third-order valence-electron chi connectivity index (χ3n) is 3.70. The molecule has 2 nitrogen and oxygen atoms in total. The Morgan fingerprint density at radius 2 is 1.90 bits per heavy atom. The molecule has 2 aromatic rings. The number of ketones is 1. The Kier molecular flexibility index (Phi) is 5.66. The zero-order valence-corrected chi connectivity index (χ0v) is 12.8. The number of halogens is 1. The molecule has 20 heavy (non-hydrogen) atoms. The Labute approximate surface area is 125 Å². The molecule has 1 aromatic carbocycles. The molecule has 0 amide bonds. The fraction of sp³-hybridized carbons (Fsp3) is 0.471. The topological polar surface area (TPSA) is 32.9 Å². The quantitative estimate of drug-likeness (QED) is 0.487. The first kappa shape index (κ1) is 15.1. The van der Waals surface area contributed by atoms with Crippen LogP contribution in [-0.4, -0.2) is 10.8 Å². The van der Waals surface area contributed by atoms with Crippen LogP contribution in [-0.2, 0) is 0 Å². The van der Waals surface area contributed by atoms with Crippen molar-refractivity contribution in [3.05, 3.63) is 35.0 Å². The first-order chi connectivity index (χ1) is 9.72. The Hall–Kier alpha value is -1.28. The monoisotopic (exact) mass is 291 g/mol. The molecule has 0 radical (unpaired) electrons. The molecule has 0 fully saturated rings. The summed E-state index contributed by atoms with van der Waals surface area (Å²) in [6, 6.07) is 5.61. The number of Topliss-reactive ketones (excluding diaryl/α,β-unsaturated/α-hetero) is 1. The first-order valence-electron chi connectivity index (χ1n) is 7.52. The van der Waals surface area contributed by atoms with Crippen molar-refractivity contribution in [2.75, 3.05) is 0 Å². The maximum Gasteiger partial charge on any atom is 0.165 e. The van der Waals surface area contributed by atoms with Gasteiger partial charge in [-0.25, -0.2) is 0 Å². The Bertz CT molecular complexity index is 573. The Morgan fingerprint density at radius 3 is 2.70 bits per heavy atom. The van der Waals surface area contributed by atoms with Crippen LogP contribution in [0.3, 0.4) is 0 Å². The molecule has 0 saturated heterocycles. The second-order valence-corrected chi connectivity index (χ2v) is 5.77. The molecule has 0 aliphatic carbocycles. The summed E-state index contributed by atoms with van der Waals surface area (Å²) in [6.45, 7) is 2.22. The van der Waals surface area contributed by atoms with Crippen LogP contribution in [0, 0.1) is 0 Å². The van der Waals surface area contributed by atoms with Gasteiger partial charge in [-0.1, -0.05) is 56.7 Å². The van der Waals surface area contributed by atoms with Crippen LogP contribution in [0.15, 0.2) is 24.4 Å². The van der Waals surface area contributed by atoms with Crippen LogP contribution >= 0.6 is 11.6 Å². The van der Waals surface area contributed by atoms with E-state index in [0.29, 0.717) is 11.4 Å². The summed E-state index contributed by atoms with van der Waals surface area (Å²) in [5, 5.41) is 1.67. The molecular formula is C17H22ClNO. The number of hydrogen-bond acceptors (Lipinski definition) is 1. The SMILES string of the molecule is CCCCCCCCC(=O)c1c[nH]c2cc(Cl)ccc12. The van der Waals surface area contributed by atoms with Crippen molar-refractivity contribution in [2.24, 2.45) is 0 Å². The van der Waals surface area contributed by atoms with Gasteiger partial charge in [-0.05, 0) is 18.6 Å². The van der Waals surface area contributed by atoms with E-state index in [1.165, 1.54) is 25.7 Å². The Balaban J connectivity index is 1.88. The predicted molar refractivity (Wildman–Crippen MR) is 85.6 cm³/mol. The van der Waals surface area contributed by atoms with Crippen LogP contribution in [0.25, 0.3) is 10.9 Å². The maximum absolute atomic E-state index is 12.2. The third kappa shape index (κ3) is 3.86. The number of carbonyl (C=O) groups is 1. The molecule has 3 heteroatoms. The summed E-state index contributed by atoms with van der Waals surface area (Å²) in [5.41, 5.74) is 1.73. The van der Waals surface area contributed by atoms with E-state index in [1.54, 1.807) is 6.20 Å². The highest BCUT2D eigenvalue weighted by Crippen LogP contribution is 2.23. The third-order valence-corrected chi connectivity index (χ3v) is 3.94. The normalized spacial score (nSPS) is 11.1. The minimum Gasteiger partial charge on any atom is -0.360 e. The van der Waals surface area contributed by atoms with Gasteiger partial charge in [0.05, 0.1) is 0 Å². The van der Waals surface area contributed by atoms with E-state index in [2.05, 4.69) is 11.9 Å². The molecule has 2 rings (SSSR count). The van der Waals surface area contributed by atoms with E-state index in [4.69, 9.17) is 11.6 Å². The van der Waals surface area contributed by atoms with Gasteiger partial charge in [-0.2, -0.15) is 0 Å². The van der Waals surface area contributed by atoms with E-state index in [-0.39, 0.29) is 5.78 Å². The highest BCUT2D eigenvalue weighted by Gasteiger charge is 2.11. The zero-order valence-electron chi connectivity index (χ0n) is 12.0. The highest BCUT2D eigenvalue weighted by atomic mass is 35.5. The predicted octanol–water partition coefficient (Wildman–Crippen LogP) is 5.75. The molecule has 108 valence electrons. The van der Waals surface area contributed by atoms with Crippen LogP contribution in [0.2, 0.25) is 5.02 Å². The number of aromatic nitrogens is 1. The lowest BCUT2D eigenvalue weighted by atomic mass is 10.0. The van der Waals surface area contributed by atoms with E-state index in [1.807, 2.05) is 18.2 Å². The van der Waals surface area contributed by atoms with E-state index < -0.39 is 0 Å². The number of hydrogen-bond donors (Lipinski definition) is 1.